The maximum atomic E-state index is 12.4. The van der Waals surface area contributed by atoms with Crippen molar-refractivity contribution in [2.75, 3.05) is 0 Å². The lowest BCUT2D eigenvalue weighted by Crippen LogP contribution is -2.22. The number of halogens is 5. The van der Waals surface area contributed by atoms with Crippen molar-refractivity contribution in [1.82, 2.24) is 4.98 Å². The van der Waals surface area contributed by atoms with E-state index in [1.807, 2.05) is 0 Å². The molecule has 4 nitrogen and oxygen atoms in total. The van der Waals surface area contributed by atoms with Crippen LogP contribution in [0, 0.1) is 0 Å². The van der Waals surface area contributed by atoms with Crippen LogP contribution in [0.4, 0.5) is 22.0 Å². The van der Waals surface area contributed by atoms with Gasteiger partial charge in [-0.15, -0.1) is 0 Å². The Hall–Kier alpha value is -1.29. The molecule has 1 aromatic rings. The number of primary sulfonamides is 1. The lowest BCUT2D eigenvalue weighted by Gasteiger charge is -2.13. The van der Waals surface area contributed by atoms with E-state index >= 15 is 0 Å². The quantitative estimate of drug-likeness (QED) is 0.835. The Labute approximate surface area is 92.3 Å². The van der Waals surface area contributed by atoms with Crippen LogP contribution >= 0.6 is 0 Å². The average molecular weight is 276 g/mol. The molecule has 96 valence electrons. The van der Waals surface area contributed by atoms with Crippen molar-refractivity contribution in [2.45, 2.75) is 17.5 Å². The molecule has 1 rings (SSSR count). The first kappa shape index (κ1) is 13.8. The van der Waals surface area contributed by atoms with Crippen molar-refractivity contribution < 1.29 is 30.4 Å². The zero-order valence-electron chi connectivity index (χ0n) is 7.87. The lowest BCUT2D eigenvalue weighted by atomic mass is 10.2. The maximum Gasteiger partial charge on any atom is 0.434 e. The highest BCUT2D eigenvalue weighted by molar-refractivity contribution is 7.89. The smallest absolute Gasteiger partial charge is 0.250 e. The Morgan fingerprint density at radius 1 is 1.29 bits per heavy atom. The Balaban J connectivity index is 3.70. The van der Waals surface area contributed by atoms with Crippen LogP contribution in [0.1, 0.15) is 17.7 Å². The van der Waals surface area contributed by atoms with Crippen molar-refractivity contribution in [3.8, 4) is 0 Å². The molecule has 0 aliphatic rings. The Bertz CT molecular complexity index is 526. The summed E-state index contributed by atoms with van der Waals surface area (Å²) in [6.07, 6.45) is -8.15. The largest absolute Gasteiger partial charge is 0.434 e. The normalized spacial score (nSPS) is 13.1. The van der Waals surface area contributed by atoms with Crippen molar-refractivity contribution in [1.29, 1.82) is 0 Å². The van der Waals surface area contributed by atoms with Gasteiger partial charge in [-0.05, 0) is 6.07 Å². The molecule has 0 amide bonds. The van der Waals surface area contributed by atoms with Gasteiger partial charge in [0.1, 0.15) is 4.90 Å². The average Bonchev–Trinajstić information content (AvgIpc) is 2.13. The predicted octanol–water partition coefficient (Wildman–Crippen LogP) is 1.69. The van der Waals surface area contributed by atoms with Crippen molar-refractivity contribution in [3.63, 3.8) is 0 Å². The van der Waals surface area contributed by atoms with Crippen LogP contribution in [-0.4, -0.2) is 13.4 Å². The van der Waals surface area contributed by atoms with Crippen LogP contribution in [0.25, 0.3) is 0 Å². The second kappa shape index (κ2) is 4.18. The minimum absolute atomic E-state index is 0.443. The first-order valence-electron chi connectivity index (χ1n) is 3.92. The first-order chi connectivity index (χ1) is 7.55. The van der Waals surface area contributed by atoms with Gasteiger partial charge in [0.05, 0.1) is 0 Å². The van der Waals surface area contributed by atoms with Gasteiger partial charge in [0.15, 0.2) is 5.69 Å². The van der Waals surface area contributed by atoms with E-state index in [-0.39, 0.29) is 0 Å². The van der Waals surface area contributed by atoms with Crippen LogP contribution in [0.3, 0.4) is 0 Å². The molecule has 0 aromatic carbocycles. The molecule has 0 saturated heterocycles. The van der Waals surface area contributed by atoms with E-state index < -0.39 is 38.8 Å². The molecule has 1 heterocycles. The molecular formula is C7H5F5N2O2S. The number of nitrogens with zero attached hydrogens (tertiary/aromatic N) is 1. The number of sulfonamides is 1. The number of hydrogen-bond donors (Lipinski definition) is 1. The second-order valence-electron chi connectivity index (χ2n) is 2.92. The summed E-state index contributed by atoms with van der Waals surface area (Å²) in [7, 11) is -4.95. The van der Waals surface area contributed by atoms with Gasteiger partial charge in [0.2, 0.25) is 10.0 Å². The number of hydrogen-bond acceptors (Lipinski definition) is 3. The third-order valence-corrected chi connectivity index (χ3v) is 2.72. The Morgan fingerprint density at radius 2 is 1.82 bits per heavy atom. The molecule has 1 aromatic heterocycles. The summed E-state index contributed by atoms with van der Waals surface area (Å²) >= 11 is 0. The van der Waals surface area contributed by atoms with Gasteiger partial charge in [-0.25, -0.2) is 22.3 Å². The predicted molar refractivity (Wildman–Crippen MR) is 45.6 cm³/mol. The number of alkyl halides is 5. The van der Waals surface area contributed by atoms with Crippen LogP contribution in [0.2, 0.25) is 0 Å². The van der Waals surface area contributed by atoms with Crippen LogP contribution < -0.4 is 5.14 Å². The highest BCUT2D eigenvalue weighted by Gasteiger charge is 2.40. The minimum atomic E-state index is -5.19. The van der Waals surface area contributed by atoms with Gasteiger partial charge in [0.25, 0.3) is 6.43 Å². The van der Waals surface area contributed by atoms with Gasteiger partial charge >= 0.3 is 6.18 Å². The summed E-state index contributed by atoms with van der Waals surface area (Å²) in [5.74, 6) is 0. The SMILES string of the molecule is NS(=O)(=O)c1c(C(F)F)ccnc1C(F)(F)F. The molecular weight excluding hydrogens is 271 g/mol. The molecule has 0 bridgehead atoms. The second-order valence-corrected chi connectivity index (χ2v) is 4.42. The number of nitrogens with two attached hydrogens (primary N) is 1. The zero-order valence-corrected chi connectivity index (χ0v) is 8.69. The van der Waals surface area contributed by atoms with E-state index in [9.17, 15) is 30.4 Å². The first-order valence-corrected chi connectivity index (χ1v) is 5.47. The van der Waals surface area contributed by atoms with Gasteiger partial charge in [-0.3, -0.25) is 4.98 Å². The summed E-state index contributed by atoms with van der Waals surface area (Å²) in [5.41, 5.74) is -3.27. The zero-order chi connectivity index (χ0) is 13.4. The number of aromatic nitrogens is 1. The van der Waals surface area contributed by atoms with Gasteiger partial charge in [0, 0.05) is 11.8 Å². The van der Waals surface area contributed by atoms with Crippen LogP contribution in [0.15, 0.2) is 17.2 Å². The summed E-state index contributed by atoms with van der Waals surface area (Å²) in [6, 6.07) is 0.472. The lowest BCUT2D eigenvalue weighted by molar-refractivity contribution is -0.143. The number of rotatable bonds is 2. The van der Waals surface area contributed by atoms with Gasteiger partial charge in [-0.1, -0.05) is 0 Å². The maximum absolute atomic E-state index is 12.4. The molecule has 0 unspecified atom stereocenters. The van der Waals surface area contributed by atoms with E-state index in [1.54, 1.807) is 0 Å². The van der Waals surface area contributed by atoms with E-state index in [0.29, 0.717) is 12.3 Å². The molecule has 0 spiro atoms. The van der Waals surface area contributed by atoms with Gasteiger partial charge in [-0.2, -0.15) is 13.2 Å². The fraction of sp³-hybridized carbons (Fsp3) is 0.286. The topological polar surface area (TPSA) is 73.1 Å². The van der Waals surface area contributed by atoms with Crippen molar-refractivity contribution in [3.05, 3.63) is 23.5 Å². The Kier molecular flexibility index (Phi) is 3.39. The van der Waals surface area contributed by atoms with E-state index in [0.717, 1.165) is 0 Å². The monoisotopic (exact) mass is 276 g/mol. The molecule has 17 heavy (non-hydrogen) atoms. The minimum Gasteiger partial charge on any atom is -0.250 e. The third-order valence-electron chi connectivity index (χ3n) is 1.72. The van der Waals surface area contributed by atoms with Gasteiger partial charge < -0.3 is 0 Å². The van der Waals surface area contributed by atoms with E-state index in [2.05, 4.69) is 10.1 Å². The summed E-state index contributed by atoms with van der Waals surface area (Å²) in [4.78, 5) is 1.05. The molecule has 0 radical (unpaired) electrons. The molecule has 0 aliphatic heterocycles. The Morgan fingerprint density at radius 3 is 2.18 bits per heavy atom. The third kappa shape index (κ3) is 2.88. The van der Waals surface area contributed by atoms with Crippen molar-refractivity contribution in [2.24, 2.45) is 5.14 Å². The number of pyridine rings is 1. The highest BCUT2D eigenvalue weighted by atomic mass is 32.2. The fourth-order valence-electron chi connectivity index (χ4n) is 1.14. The highest BCUT2D eigenvalue weighted by Crippen LogP contribution is 2.36. The molecule has 2 N–H and O–H groups in total. The van der Waals surface area contributed by atoms with Crippen LogP contribution in [-0.2, 0) is 16.2 Å². The summed E-state index contributed by atoms with van der Waals surface area (Å²) in [5, 5.41) is 4.49. The molecule has 10 heteroatoms. The standard InChI is InChI=1S/C7H5F5N2O2S/c8-6(9)3-1-2-14-5(7(10,11)12)4(3)17(13,15)16/h1-2,6H,(H2,13,15,16). The van der Waals surface area contributed by atoms with E-state index in [4.69, 9.17) is 0 Å². The van der Waals surface area contributed by atoms with Crippen LogP contribution in [0.5, 0.6) is 0 Å². The summed E-state index contributed by atoms with van der Waals surface area (Å²) in [6.45, 7) is 0. The summed E-state index contributed by atoms with van der Waals surface area (Å²) < 4.78 is 83.9. The van der Waals surface area contributed by atoms with Crippen molar-refractivity contribution >= 4 is 10.0 Å². The fourth-order valence-corrected chi connectivity index (χ4v) is 2.06. The molecule has 0 aliphatic carbocycles. The molecule has 0 saturated carbocycles. The molecule has 0 fully saturated rings. The van der Waals surface area contributed by atoms with E-state index in [1.165, 1.54) is 0 Å². The molecule has 0 atom stereocenters.